The molecule has 0 bridgehead atoms. The van der Waals surface area contributed by atoms with Crippen LogP contribution in [0.1, 0.15) is 29.0 Å². The number of methoxy groups -OCH3 is 1. The zero-order valence-corrected chi connectivity index (χ0v) is 13.2. The van der Waals surface area contributed by atoms with Crippen LogP contribution < -0.4 is 4.74 Å². The van der Waals surface area contributed by atoms with Crippen LogP contribution in [0.15, 0.2) is 42.7 Å². The summed E-state index contributed by atoms with van der Waals surface area (Å²) in [5.41, 5.74) is 1.37. The fourth-order valence-corrected chi connectivity index (χ4v) is 2.79. The Balaban J connectivity index is 1.94. The fraction of sp³-hybridized carbons (Fsp3) is 0.353. The zero-order chi connectivity index (χ0) is 16.2. The van der Waals surface area contributed by atoms with E-state index in [9.17, 15) is 4.79 Å². The highest BCUT2D eigenvalue weighted by Crippen LogP contribution is 2.29. The highest BCUT2D eigenvalue weighted by Gasteiger charge is 2.34. The van der Waals surface area contributed by atoms with Gasteiger partial charge >= 0.3 is 0 Å². The summed E-state index contributed by atoms with van der Waals surface area (Å²) in [5.74, 6) is 0.232. The van der Waals surface area contributed by atoms with Crippen LogP contribution in [0.3, 0.4) is 0 Å². The largest absolute Gasteiger partial charge is 0.481 e. The molecule has 2 atom stereocenters. The molecule has 1 aliphatic rings. The molecule has 2 heterocycles. The number of hydrogen-bond donors (Lipinski definition) is 0. The molecule has 1 aromatic carbocycles. The lowest BCUT2D eigenvalue weighted by atomic mass is 10.0. The van der Waals surface area contributed by atoms with Crippen molar-refractivity contribution in [2.45, 2.75) is 19.0 Å². The monoisotopic (exact) mass is 313 g/mol. The SMILES string of the molecule is COc1cc(C(=O)N2[C@@H](C)COC[C@H]2c2ccccc2)ncn1. The van der Waals surface area contributed by atoms with Gasteiger partial charge in [-0.05, 0) is 12.5 Å². The molecule has 0 aliphatic carbocycles. The predicted octanol–water partition coefficient (Wildman–Crippen LogP) is 2.09. The molecule has 0 radical (unpaired) electrons. The average molecular weight is 313 g/mol. The van der Waals surface area contributed by atoms with Crippen molar-refractivity contribution >= 4 is 5.91 Å². The lowest BCUT2D eigenvalue weighted by Crippen LogP contribution is -2.49. The topological polar surface area (TPSA) is 64.5 Å². The molecular formula is C17H19N3O3. The fourth-order valence-electron chi connectivity index (χ4n) is 2.79. The number of morpholine rings is 1. The van der Waals surface area contributed by atoms with Crippen molar-refractivity contribution in [3.8, 4) is 5.88 Å². The van der Waals surface area contributed by atoms with E-state index in [4.69, 9.17) is 9.47 Å². The van der Waals surface area contributed by atoms with Crippen LogP contribution in [0.2, 0.25) is 0 Å². The number of carbonyl (C=O) groups is 1. The van der Waals surface area contributed by atoms with Crippen molar-refractivity contribution in [3.63, 3.8) is 0 Å². The minimum atomic E-state index is -0.143. The average Bonchev–Trinajstić information content (AvgIpc) is 2.61. The maximum Gasteiger partial charge on any atom is 0.273 e. The summed E-state index contributed by atoms with van der Waals surface area (Å²) in [6.45, 7) is 2.96. The lowest BCUT2D eigenvalue weighted by Gasteiger charge is -2.40. The van der Waals surface area contributed by atoms with Gasteiger partial charge in [-0.3, -0.25) is 4.79 Å². The first-order valence-electron chi connectivity index (χ1n) is 7.52. The quantitative estimate of drug-likeness (QED) is 0.868. The van der Waals surface area contributed by atoms with Gasteiger partial charge in [0.15, 0.2) is 0 Å². The molecule has 6 nitrogen and oxygen atoms in total. The van der Waals surface area contributed by atoms with Crippen LogP contribution >= 0.6 is 0 Å². The van der Waals surface area contributed by atoms with Crippen molar-refractivity contribution in [1.29, 1.82) is 0 Å². The smallest absolute Gasteiger partial charge is 0.273 e. The third kappa shape index (κ3) is 3.17. The van der Waals surface area contributed by atoms with E-state index >= 15 is 0 Å². The van der Waals surface area contributed by atoms with Crippen LogP contribution in [0.4, 0.5) is 0 Å². The highest BCUT2D eigenvalue weighted by atomic mass is 16.5. The maximum absolute atomic E-state index is 13.0. The van der Waals surface area contributed by atoms with Gasteiger partial charge in [-0.25, -0.2) is 9.97 Å². The highest BCUT2D eigenvalue weighted by molar-refractivity contribution is 5.93. The Hall–Kier alpha value is -2.47. The molecule has 1 aliphatic heterocycles. The van der Waals surface area contributed by atoms with Gasteiger partial charge in [0, 0.05) is 6.07 Å². The van der Waals surface area contributed by atoms with E-state index in [2.05, 4.69) is 9.97 Å². The second-order valence-electron chi connectivity index (χ2n) is 5.47. The van der Waals surface area contributed by atoms with Gasteiger partial charge in [-0.15, -0.1) is 0 Å². The van der Waals surface area contributed by atoms with Crippen molar-refractivity contribution in [2.24, 2.45) is 0 Å². The zero-order valence-electron chi connectivity index (χ0n) is 13.2. The molecule has 0 unspecified atom stereocenters. The van der Waals surface area contributed by atoms with Gasteiger partial charge in [0.05, 0.1) is 32.4 Å². The van der Waals surface area contributed by atoms with Crippen LogP contribution in [0.5, 0.6) is 5.88 Å². The number of aromatic nitrogens is 2. The Morgan fingerprint density at radius 3 is 2.78 bits per heavy atom. The number of nitrogens with zero attached hydrogens (tertiary/aromatic N) is 3. The van der Waals surface area contributed by atoms with Gasteiger partial charge in [0.1, 0.15) is 12.0 Å². The van der Waals surface area contributed by atoms with Gasteiger partial charge < -0.3 is 14.4 Å². The Bertz CT molecular complexity index is 678. The normalized spacial score (nSPS) is 21.0. The minimum Gasteiger partial charge on any atom is -0.481 e. The van der Waals surface area contributed by atoms with Gasteiger partial charge in [-0.1, -0.05) is 30.3 Å². The van der Waals surface area contributed by atoms with Crippen LogP contribution in [0, 0.1) is 0 Å². The summed E-state index contributed by atoms with van der Waals surface area (Å²) >= 11 is 0. The molecular weight excluding hydrogens is 294 g/mol. The van der Waals surface area contributed by atoms with E-state index < -0.39 is 0 Å². The molecule has 2 aromatic rings. The van der Waals surface area contributed by atoms with Crippen molar-refractivity contribution in [3.05, 3.63) is 54.0 Å². The maximum atomic E-state index is 13.0. The number of rotatable bonds is 3. The van der Waals surface area contributed by atoms with E-state index in [1.54, 1.807) is 6.07 Å². The number of amides is 1. The minimum absolute atomic E-state index is 0.0394. The summed E-state index contributed by atoms with van der Waals surface area (Å²) in [5, 5.41) is 0. The van der Waals surface area contributed by atoms with Crippen LogP contribution in [-0.4, -0.2) is 47.1 Å². The van der Waals surface area contributed by atoms with Crippen molar-refractivity contribution in [2.75, 3.05) is 20.3 Å². The first-order valence-corrected chi connectivity index (χ1v) is 7.52. The molecule has 1 saturated heterocycles. The molecule has 1 fully saturated rings. The second kappa shape index (κ2) is 6.75. The Morgan fingerprint density at radius 1 is 1.26 bits per heavy atom. The third-order valence-electron chi connectivity index (χ3n) is 3.93. The van der Waals surface area contributed by atoms with Gasteiger partial charge in [0.25, 0.3) is 5.91 Å². The summed E-state index contributed by atoms with van der Waals surface area (Å²) in [6, 6.07) is 11.3. The van der Waals surface area contributed by atoms with E-state index in [-0.39, 0.29) is 18.0 Å². The third-order valence-corrected chi connectivity index (χ3v) is 3.93. The Labute approximate surface area is 135 Å². The standard InChI is InChI=1S/C17H19N3O3/c1-12-9-23-10-15(13-6-4-3-5-7-13)20(12)17(21)14-8-16(22-2)19-11-18-14/h3-8,11-12,15H,9-10H2,1-2H3/t12-,15-/m0/s1. The number of carbonyl (C=O) groups excluding carboxylic acids is 1. The van der Waals surface area contributed by atoms with E-state index in [1.165, 1.54) is 13.4 Å². The second-order valence-corrected chi connectivity index (χ2v) is 5.47. The molecule has 23 heavy (non-hydrogen) atoms. The summed E-state index contributed by atoms with van der Waals surface area (Å²) in [6.07, 6.45) is 1.34. The molecule has 1 aromatic heterocycles. The van der Waals surface area contributed by atoms with Crippen molar-refractivity contribution < 1.29 is 14.3 Å². The molecule has 0 N–H and O–H groups in total. The summed E-state index contributed by atoms with van der Waals surface area (Å²) < 4.78 is 10.7. The van der Waals surface area contributed by atoms with Gasteiger partial charge in [-0.2, -0.15) is 0 Å². The van der Waals surface area contributed by atoms with E-state index in [1.807, 2.05) is 42.2 Å². The first-order chi connectivity index (χ1) is 11.2. The summed E-state index contributed by atoms with van der Waals surface area (Å²) in [4.78, 5) is 22.9. The van der Waals surface area contributed by atoms with Crippen LogP contribution in [0.25, 0.3) is 0 Å². The number of benzene rings is 1. The van der Waals surface area contributed by atoms with E-state index in [0.29, 0.717) is 24.8 Å². The van der Waals surface area contributed by atoms with Gasteiger partial charge in [0.2, 0.25) is 5.88 Å². The first kappa shape index (κ1) is 15.4. The van der Waals surface area contributed by atoms with E-state index in [0.717, 1.165) is 5.56 Å². The number of hydrogen-bond acceptors (Lipinski definition) is 5. The predicted molar refractivity (Wildman–Crippen MR) is 84.2 cm³/mol. The molecule has 1 amide bonds. The Kier molecular flexibility index (Phi) is 4.52. The summed E-state index contributed by atoms with van der Waals surface area (Å²) in [7, 11) is 1.51. The molecule has 3 rings (SSSR count). The lowest BCUT2D eigenvalue weighted by molar-refractivity contribution is -0.0318. The Morgan fingerprint density at radius 2 is 2.04 bits per heavy atom. The van der Waals surface area contributed by atoms with Crippen LogP contribution in [-0.2, 0) is 4.74 Å². The molecule has 0 spiro atoms. The van der Waals surface area contributed by atoms with Crippen molar-refractivity contribution in [1.82, 2.24) is 14.9 Å². The number of ether oxygens (including phenoxy) is 2. The molecule has 0 saturated carbocycles. The molecule has 120 valence electrons. The molecule has 6 heteroatoms.